The van der Waals surface area contributed by atoms with Gasteiger partial charge in [0.2, 0.25) is 0 Å². The summed E-state index contributed by atoms with van der Waals surface area (Å²) in [6.07, 6.45) is 3.36. The number of carbonyl (C=O) groups excluding carboxylic acids is 1. The smallest absolute Gasteiger partial charge is 0.335 e. The van der Waals surface area contributed by atoms with E-state index in [1.807, 2.05) is 0 Å². The first-order valence-electron chi connectivity index (χ1n) is 6.95. The van der Waals surface area contributed by atoms with Crippen molar-refractivity contribution in [3.63, 3.8) is 0 Å². The van der Waals surface area contributed by atoms with Crippen LogP contribution in [0.1, 0.15) is 44.0 Å². The normalized spacial score (nSPS) is 17.2. The number of amides is 1. The Morgan fingerprint density at radius 3 is 2.91 bits per heavy atom. The first-order valence-corrected chi connectivity index (χ1v) is 8.15. The number of carboxylic acids is 1. The van der Waals surface area contributed by atoms with E-state index in [2.05, 4.69) is 10.3 Å². The molecule has 120 valence electrons. The Bertz CT molecular complexity index is 756. The molecule has 2 N–H and O–H groups in total. The van der Waals surface area contributed by atoms with Gasteiger partial charge in [-0.15, -0.1) is 11.3 Å². The molecule has 2 heterocycles. The fourth-order valence-electron chi connectivity index (χ4n) is 2.29. The molecule has 1 aliphatic heterocycles. The number of nitrogens with one attached hydrogen (secondary N) is 1. The molecule has 6 nitrogen and oxygen atoms in total. The van der Waals surface area contributed by atoms with Crippen molar-refractivity contribution in [3.05, 3.63) is 44.9 Å². The van der Waals surface area contributed by atoms with E-state index in [4.69, 9.17) is 21.4 Å². The summed E-state index contributed by atoms with van der Waals surface area (Å²) in [6, 6.07) is 4.17. The van der Waals surface area contributed by atoms with Crippen molar-refractivity contribution >= 4 is 40.5 Å². The lowest BCUT2D eigenvalue weighted by Crippen LogP contribution is -2.11. The maximum Gasteiger partial charge on any atom is 0.335 e. The quantitative estimate of drug-likeness (QED) is 0.877. The van der Waals surface area contributed by atoms with Crippen molar-refractivity contribution in [3.8, 4) is 0 Å². The molecular formula is C15H13ClN2O4S. The van der Waals surface area contributed by atoms with Gasteiger partial charge in [0.1, 0.15) is 16.0 Å². The van der Waals surface area contributed by atoms with Crippen LogP contribution in [-0.4, -0.2) is 28.6 Å². The summed E-state index contributed by atoms with van der Waals surface area (Å²) in [5.41, 5.74) is 0.337. The van der Waals surface area contributed by atoms with Crippen LogP contribution in [-0.2, 0) is 4.74 Å². The highest BCUT2D eigenvalue weighted by Gasteiger charge is 2.22. The van der Waals surface area contributed by atoms with Crippen molar-refractivity contribution in [2.75, 3.05) is 11.9 Å². The van der Waals surface area contributed by atoms with Crippen LogP contribution in [0.5, 0.6) is 0 Å². The molecule has 0 radical (unpaired) electrons. The number of aromatic nitrogens is 1. The maximum atomic E-state index is 12.3. The molecule has 0 bridgehead atoms. The lowest BCUT2D eigenvalue weighted by Gasteiger charge is -2.06. The molecule has 2 aromatic rings. The SMILES string of the molecule is O=C(O)c1cc(Cl)cc(NC(=O)c2cnc(C3CCCO3)s2)c1. The lowest BCUT2D eigenvalue weighted by molar-refractivity contribution is 0.0696. The first kappa shape index (κ1) is 15.9. The summed E-state index contributed by atoms with van der Waals surface area (Å²) in [5.74, 6) is -1.47. The first-order chi connectivity index (χ1) is 11.0. The van der Waals surface area contributed by atoms with E-state index in [0.29, 0.717) is 17.2 Å². The van der Waals surface area contributed by atoms with Crippen molar-refractivity contribution in [1.29, 1.82) is 0 Å². The van der Waals surface area contributed by atoms with E-state index in [1.165, 1.54) is 35.7 Å². The van der Waals surface area contributed by atoms with Gasteiger partial charge in [-0.1, -0.05) is 11.6 Å². The Morgan fingerprint density at radius 1 is 1.39 bits per heavy atom. The summed E-state index contributed by atoms with van der Waals surface area (Å²) in [6.45, 7) is 0.715. The van der Waals surface area contributed by atoms with E-state index < -0.39 is 5.97 Å². The number of thiazole rings is 1. The molecule has 1 aromatic carbocycles. The molecular weight excluding hydrogens is 340 g/mol. The van der Waals surface area contributed by atoms with Crippen LogP contribution in [0.4, 0.5) is 5.69 Å². The molecule has 1 aliphatic rings. The number of ether oxygens (including phenoxy) is 1. The lowest BCUT2D eigenvalue weighted by atomic mass is 10.2. The number of benzene rings is 1. The van der Waals surface area contributed by atoms with Gasteiger partial charge in [-0.25, -0.2) is 9.78 Å². The molecule has 0 aliphatic carbocycles. The van der Waals surface area contributed by atoms with Gasteiger partial charge in [-0.05, 0) is 31.0 Å². The third-order valence-electron chi connectivity index (χ3n) is 3.36. The second kappa shape index (κ2) is 6.66. The molecule has 3 rings (SSSR count). The number of anilines is 1. The van der Waals surface area contributed by atoms with Crippen LogP contribution in [0.25, 0.3) is 0 Å². The van der Waals surface area contributed by atoms with Crippen molar-refractivity contribution in [2.45, 2.75) is 18.9 Å². The Kier molecular flexibility index (Phi) is 4.61. The molecule has 1 amide bonds. The molecule has 1 unspecified atom stereocenters. The van der Waals surface area contributed by atoms with E-state index in [0.717, 1.165) is 17.8 Å². The Hall–Kier alpha value is -1.96. The highest BCUT2D eigenvalue weighted by atomic mass is 35.5. The fraction of sp³-hybridized carbons (Fsp3) is 0.267. The molecule has 23 heavy (non-hydrogen) atoms. The van der Waals surface area contributed by atoms with Gasteiger partial charge >= 0.3 is 5.97 Å². The van der Waals surface area contributed by atoms with Gasteiger partial charge in [0.25, 0.3) is 5.91 Å². The summed E-state index contributed by atoms with van der Waals surface area (Å²) in [5, 5.41) is 12.7. The second-order valence-electron chi connectivity index (χ2n) is 5.05. The van der Waals surface area contributed by atoms with Crippen LogP contribution in [0.2, 0.25) is 5.02 Å². The van der Waals surface area contributed by atoms with E-state index in [1.54, 1.807) is 0 Å². The predicted molar refractivity (Wildman–Crippen MR) is 86.4 cm³/mol. The number of hydrogen-bond donors (Lipinski definition) is 2. The number of aromatic carboxylic acids is 1. The summed E-state index contributed by atoms with van der Waals surface area (Å²) in [4.78, 5) is 28.0. The average molecular weight is 353 g/mol. The number of carbonyl (C=O) groups is 2. The Morgan fingerprint density at radius 2 is 2.22 bits per heavy atom. The van der Waals surface area contributed by atoms with Crippen molar-refractivity contribution in [1.82, 2.24) is 4.98 Å². The van der Waals surface area contributed by atoms with Crippen LogP contribution in [0.3, 0.4) is 0 Å². The minimum absolute atomic E-state index is 0.0112. The fourth-order valence-corrected chi connectivity index (χ4v) is 3.42. The standard InChI is InChI=1S/C15H13ClN2O4S/c16-9-4-8(15(20)21)5-10(6-9)18-13(19)12-7-17-14(23-12)11-2-1-3-22-11/h4-7,11H,1-3H2,(H,18,19)(H,20,21). The molecule has 0 saturated carbocycles. The van der Waals surface area contributed by atoms with E-state index in [9.17, 15) is 9.59 Å². The van der Waals surface area contributed by atoms with Crippen LogP contribution in [0.15, 0.2) is 24.4 Å². The molecule has 1 saturated heterocycles. The van der Waals surface area contributed by atoms with Gasteiger partial charge in [0.15, 0.2) is 0 Å². The molecule has 1 fully saturated rings. The van der Waals surface area contributed by atoms with Gasteiger partial charge < -0.3 is 15.2 Å². The van der Waals surface area contributed by atoms with Gasteiger partial charge in [-0.2, -0.15) is 0 Å². The van der Waals surface area contributed by atoms with E-state index in [-0.39, 0.29) is 22.6 Å². The summed E-state index contributed by atoms with van der Waals surface area (Å²) in [7, 11) is 0. The molecule has 0 spiro atoms. The number of halogens is 1. The number of nitrogens with zero attached hydrogens (tertiary/aromatic N) is 1. The van der Waals surface area contributed by atoms with E-state index >= 15 is 0 Å². The van der Waals surface area contributed by atoms with Gasteiger partial charge in [0.05, 0.1) is 11.8 Å². The molecule has 8 heteroatoms. The maximum absolute atomic E-state index is 12.3. The number of hydrogen-bond acceptors (Lipinski definition) is 5. The highest BCUT2D eigenvalue weighted by molar-refractivity contribution is 7.13. The molecule has 1 aromatic heterocycles. The predicted octanol–water partition coefficient (Wildman–Crippen LogP) is 3.60. The third-order valence-corrected chi connectivity index (χ3v) is 4.66. The van der Waals surface area contributed by atoms with Crippen molar-refractivity contribution < 1.29 is 19.4 Å². The Balaban J connectivity index is 1.75. The zero-order valence-corrected chi connectivity index (χ0v) is 13.5. The van der Waals surface area contributed by atoms with Crippen LogP contribution >= 0.6 is 22.9 Å². The van der Waals surface area contributed by atoms with Crippen LogP contribution < -0.4 is 5.32 Å². The zero-order chi connectivity index (χ0) is 16.4. The summed E-state index contributed by atoms with van der Waals surface area (Å²) < 4.78 is 5.54. The minimum atomic E-state index is -1.11. The number of rotatable bonds is 4. The van der Waals surface area contributed by atoms with Crippen molar-refractivity contribution in [2.24, 2.45) is 0 Å². The average Bonchev–Trinajstić information content (AvgIpc) is 3.17. The summed E-state index contributed by atoms with van der Waals surface area (Å²) >= 11 is 7.15. The highest BCUT2D eigenvalue weighted by Crippen LogP contribution is 2.31. The topological polar surface area (TPSA) is 88.5 Å². The Labute approximate surface area is 141 Å². The monoisotopic (exact) mass is 352 g/mol. The van der Waals surface area contributed by atoms with Gasteiger partial charge in [-0.3, -0.25) is 4.79 Å². The zero-order valence-electron chi connectivity index (χ0n) is 11.9. The largest absolute Gasteiger partial charge is 0.478 e. The third kappa shape index (κ3) is 3.69. The molecule has 1 atom stereocenters. The second-order valence-corrected chi connectivity index (χ2v) is 6.55. The minimum Gasteiger partial charge on any atom is -0.478 e. The van der Waals surface area contributed by atoms with Crippen LogP contribution in [0, 0.1) is 0 Å². The number of carboxylic acid groups (broad SMARTS) is 1. The van der Waals surface area contributed by atoms with Gasteiger partial charge in [0, 0.05) is 17.3 Å².